The Morgan fingerprint density at radius 2 is 1.48 bits per heavy atom. The molecule has 3 aromatic rings. The fourth-order valence-electron chi connectivity index (χ4n) is 2.59. The lowest BCUT2D eigenvalue weighted by molar-refractivity contribution is 0.311. The molecule has 0 spiro atoms. The first-order valence-corrected chi connectivity index (χ1v) is 8.92. The van der Waals surface area contributed by atoms with Crippen LogP contribution in [0.2, 0.25) is 5.02 Å². The van der Waals surface area contributed by atoms with Gasteiger partial charge in [-0.1, -0.05) is 54.1 Å². The summed E-state index contributed by atoms with van der Waals surface area (Å²) in [6.45, 7) is 1.50. The molecule has 0 radical (unpaired) electrons. The highest BCUT2D eigenvalue weighted by Gasteiger charge is 1.98. The van der Waals surface area contributed by atoms with Gasteiger partial charge in [0.05, 0.1) is 6.61 Å². The summed E-state index contributed by atoms with van der Waals surface area (Å²) in [6.07, 6.45) is 2.06. The molecule has 1 N–H and O–H groups in total. The smallest absolute Gasteiger partial charge is 0.119 e. The van der Waals surface area contributed by atoms with Gasteiger partial charge in [0.15, 0.2) is 0 Å². The average Bonchev–Trinajstić information content (AvgIpc) is 2.67. The van der Waals surface area contributed by atoms with Crippen LogP contribution in [0, 0.1) is 0 Å². The third-order valence-corrected chi connectivity index (χ3v) is 4.24. The van der Waals surface area contributed by atoms with Crippen molar-refractivity contribution >= 4 is 17.3 Å². The molecule has 3 rings (SSSR count). The Hall–Kier alpha value is -2.45. The standard InChI is InChI=1S/C22H22ClNO/c23-20-10-8-19(9-11-20)17-24-21-12-14-22(15-13-21)25-16-4-7-18-5-2-1-3-6-18/h1-3,5-6,8-15,24H,4,7,16-17H2. The summed E-state index contributed by atoms with van der Waals surface area (Å²) in [4.78, 5) is 0. The van der Waals surface area contributed by atoms with Crippen LogP contribution in [0.3, 0.4) is 0 Å². The van der Waals surface area contributed by atoms with Crippen molar-refractivity contribution in [3.8, 4) is 5.75 Å². The van der Waals surface area contributed by atoms with E-state index in [-0.39, 0.29) is 0 Å². The van der Waals surface area contributed by atoms with E-state index >= 15 is 0 Å². The Kier molecular flexibility index (Phi) is 6.35. The number of hydrogen-bond acceptors (Lipinski definition) is 2. The quantitative estimate of drug-likeness (QED) is 0.505. The Morgan fingerprint density at radius 1 is 0.760 bits per heavy atom. The fraction of sp³-hybridized carbons (Fsp3) is 0.182. The zero-order valence-corrected chi connectivity index (χ0v) is 14.9. The van der Waals surface area contributed by atoms with E-state index in [0.29, 0.717) is 0 Å². The van der Waals surface area contributed by atoms with Gasteiger partial charge in [-0.15, -0.1) is 0 Å². The highest BCUT2D eigenvalue weighted by atomic mass is 35.5. The van der Waals surface area contributed by atoms with Crippen LogP contribution in [0.25, 0.3) is 0 Å². The van der Waals surface area contributed by atoms with E-state index in [2.05, 4.69) is 29.6 Å². The molecular formula is C22H22ClNO. The number of nitrogens with one attached hydrogen (secondary N) is 1. The van der Waals surface area contributed by atoms with E-state index in [4.69, 9.17) is 16.3 Å². The molecule has 0 amide bonds. The third-order valence-electron chi connectivity index (χ3n) is 3.99. The Morgan fingerprint density at radius 3 is 2.20 bits per heavy atom. The summed E-state index contributed by atoms with van der Waals surface area (Å²) in [5.74, 6) is 0.908. The molecule has 0 aliphatic carbocycles. The highest BCUT2D eigenvalue weighted by Crippen LogP contribution is 2.17. The molecule has 3 heteroatoms. The number of hydrogen-bond donors (Lipinski definition) is 1. The summed E-state index contributed by atoms with van der Waals surface area (Å²) in [5.41, 5.74) is 3.63. The van der Waals surface area contributed by atoms with Gasteiger partial charge in [-0.25, -0.2) is 0 Å². The van der Waals surface area contributed by atoms with Crippen molar-refractivity contribution in [3.63, 3.8) is 0 Å². The van der Waals surface area contributed by atoms with E-state index in [1.165, 1.54) is 11.1 Å². The van der Waals surface area contributed by atoms with Crippen molar-refractivity contribution in [2.75, 3.05) is 11.9 Å². The molecule has 0 atom stereocenters. The monoisotopic (exact) mass is 351 g/mol. The molecular weight excluding hydrogens is 330 g/mol. The topological polar surface area (TPSA) is 21.3 Å². The number of aryl methyl sites for hydroxylation is 1. The first-order valence-electron chi connectivity index (χ1n) is 8.55. The summed E-state index contributed by atoms with van der Waals surface area (Å²) >= 11 is 5.90. The maximum Gasteiger partial charge on any atom is 0.119 e. The number of benzene rings is 3. The number of halogens is 1. The van der Waals surface area contributed by atoms with E-state index in [0.717, 1.165) is 42.5 Å². The van der Waals surface area contributed by atoms with Crippen molar-refractivity contribution in [2.24, 2.45) is 0 Å². The van der Waals surface area contributed by atoms with Crippen LogP contribution in [0.4, 0.5) is 5.69 Å². The Balaban J connectivity index is 1.40. The maximum absolute atomic E-state index is 5.90. The SMILES string of the molecule is Clc1ccc(CNc2ccc(OCCCc3ccccc3)cc2)cc1. The van der Waals surface area contributed by atoms with E-state index < -0.39 is 0 Å². The molecule has 0 aliphatic rings. The summed E-state index contributed by atoms with van der Waals surface area (Å²) in [6, 6.07) is 26.5. The molecule has 0 aliphatic heterocycles. The lowest BCUT2D eigenvalue weighted by Crippen LogP contribution is -2.01. The Labute approximate surface area is 154 Å². The second-order valence-corrected chi connectivity index (χ2v) is 6.38. The minimum atomic E-state index is 0.729. The molecule has 0 bridgehead atoms. The second kappa shape index (κ2) is 9.14. The largest absolute Gasteiger partial charge is 0.494 e. The molecule has 128 valence electrons. The molecule has 0 aromatic heterocycles. The molecule has 25 heavy (non-hydrogen) atoms. The van der Waals surface area contributed by atoms with E-state index in [1.807, 2.05) is 54.6 Å². The normalized spacial score (nSPS) is 10.4. The number of ether oxygens (including phenoxy) is 1. The van der Waals surface area contributed by atoms with Crippen molar-refractivity contribution < 1.29 is 4.74 Å². The summed E-state index contributed by atoms with van der Waals surface area (Å²) in [5, 5.41) is 4.16. The van der Waals surface area contributed by atoms with Crippen molar-refractivity contribution in [1.29, 1.82) is 0 Å². The average molecular weight is 352 g/mol. The van der Waals surface area contributed by atoms with Gasteiger partial charge in [-0.05, 0) is 60.4 Å². The van der Waals surface area contributed by atoms with Crippen LogP contribution in [-0.2, 0) is 13.0 Å². The van der Waals surface area contributed by atoms with Gasteiger partial charge in [0, 0.05) is 17.3 Å². The minimum absolute atomic E-state index is 0.729. The van der Waals surface area contributed by atoms with Crippen LogP contribution in [0.1, 0.15) is 17.5 Å². The molecule has 0 heterocycles. The number of rotatable bonds is 8. The van der Waals surface area contributed by atoms with E-state index in [1.54, 1.807) is 0 Å². The minimum Gasteiger partial charge on any atom is -0.494 e. The predicted molar refractivity (Wildman–Crippen MR) is 105 cm³/mol. The van der Waals surface area contributed by atoms with Gasteiger partial charge >= 0.3 is 0 Å². The van der Waals surface area contributed by atoms with Crippen molar-refractivity contribution in [3.05, 3.63) is 95.0 Å². The van der Waals surface area contributed by atoms with Gasteiger partial charge in [0.1, 0.15) is 5.75 Å². The first-order chi connectivity index (χ1) is 12.3. The zero-order valence-electron chi connectivity index (χ0n) is 14.1. The molecule has 2 nitrogen and oxygen atoms in total. The molecule has 3 aromatic carbocycles. The lowest BCUT2D eigenvalue weighted by atomic mass is 10.1. The van der Waals surface area contributed by atoms with Gasteiger partial charge in [-0.3, -0.25) is 0 Å². The fourth-order valence-corrected chi connectivity index (χ4v) is 2.71. The molecule has 0 unspecified atom stereocenters. The Bertz CT molecular complexity index is 754. The van der Waals surface area contributed by atoms with Gasteiger partial charge in [0.25, 0.3) is 0 Å². The van der Waals surface area contributed by atoms with Crippen LogP contribution in [0.15, 0.2) is 78.9 Å². The van der Waals surface area contributed by atoms with Crippen LogP contribution in [-0.4, -0.2) is 6.61 Å². The van der Waals surface area contributed by atoms with Gasteiger partial charge in [0.2, 0.25) is 0 Å². The van der Waals surface area contributed by atoms with Crippen LogP contribution < -0.4 is 10.1 Å². The van der Waals surface area contributed by atoms with Crippen LogP contribution in [0.5, 0.6) is 5.75 Å². The summed E-state index contributed by atoms with van der Waals surface area (Å²) < 4.78 is 5.82. The van der Waals surface area contributed by atoms with Gasteiger partial charge in [-0.2, -0.15) is 0 Å². The van der Waals surface area contributed by atoms with Crippen molar-refractivity contribution in [1.82, 2.24) is 0 Å². The first kappa shape index (κ1) is 17.4. The second-order valence-electron chi connectivity index (χ2n) is 5.94. The highest BCUT2D eigenvalue weighted by molar-refractivity contribution is 6.30. The molecule has 0 fully saturated rings. The number of anilines is 1. The van der Waals surface area contributed by atoms with Crippen LogP contribution >= 0.6 is 11.6 Å². The van der Waals surface area contributed by atoms with Gasteiger partial charge < -0.3 is 10.1 Å². The van der Waals surface area contributed by atoms with E-state index in [9.17, 15) is 0 Å². The van der Waals surface area contributed by atoms with Crippen molar-refractivity contribution in [2.45, 2.75) is 19.4 Å². The predicted octanol–water partition coefficient (Wildman–Crippen LogP) is 5.96. The summed E-state index contributed by atoms with van der Waals surface area (Å²) in [7, 11) is 0. The third kappa shape index (κ3) is 5.84. The molecule has 0 saturated heterocycles. The zero-order chi connectivity index (χ0) is 17.3. The maximum atomic E-state index is 5.90. The molecule has 0 saturated carbocycles. The lowest BCUT2D eigenvalue weighted by Gasteiger charge is -2.09.